The van der Waals surface area contributed by atoms with E-state index in [0.717, 1.165) is 4.68 Å². The predicted molar refractivity (Wildman–Crippen MR) is 114 cm³/mol. The van der Waals surface area contributed by atoms with E-state index in [2.05, 4.69) is 15.7 Å². The van der Waals surface area contributed by atoms with E-state index in [9.17, 15) is 14.4 Å². The summed E-state index contributed by atoms with van der Waals surface area (Å²) < 4.78 is 6.00. The van der Waals surface area contributed by atoms with Gasteiger partial charge in [-0.3, -0.25) is 14.4 Å². The Bertz CT molecular complexity index is 1140. The number of nitrogens with one attached hydrogen (secondary N) is 2. The molecule has 9 heteroatoms. The van der Waals surface area contributed by atoms with E-state index in [1.165, 1.54) is 12.1 Å². The van der Waals surface area contributed by atoms with Crippen molar-refractivity contribution in [2.24, 2.45) is 0 Å². The van der Waals surface area contributed by atoms with Gasteiger partial charge in [-0.25, -0.2) is 4.68 Å². The molecule has 0 bridgehead atoms. The molecular formula is C21H19ClN4O4. The van der Waals surface area contributed by atoms with Gasteiger partial charge in [0.25, 0.3) is 11.5 Å². The summed E-state index contributed by atoms with van der Waals surface area (Å²) >= 11 is 6.05. The number of hydrogen-bond acceptors (Lipinski definition) is 5. The number of methoxy groups -OCH3 is 1. The number of hydrogen-bond donors (Lipinski definition) is 2. The lowest BCUT2D eigenvalue weighted by Gasteiger charge is -2.11. The summed E-state index contributed by atoms with van der Waals surface area (Å²) in [6.07, 6.45) is 0. The molecule has 0 aliphatic rings. The van der Waals surface area contributed by atoms with Crippen LogP contribution in [0.5, 0.6) is 5.75 Å². The number of amides is 2. The van der Waals surface area contributed by atoms with Crippen LogP contribution in [-0.4, -0.2) is 28.7 Å². The number of ether oxygens (including phenoxy) is 1. The fraction of sp³-hybridized carbons (Fsp3) is 0.143. The first-order valence-corrected chi connectivity index (χ1v) is 9.33. The van der Waals surface area contributed by atoms with Gasteiger partial charge in [0, 0.05) is 22.5 Å². The zero-order valence-electron chi connectivity index (χ0n) is 16.3. The van der Waals surface area contributed by atoms with E-state index >= 15 is 0 Å². The van der Waals surface area contributed by atoms with Gasteiger partial charge >= 0.3 is 0 Å². The number of aromatic nitrogens is 2. The second-order valence-electron chi connectivity index (χ2n) is 6.36. The Balaban J connectivity index is 1.72. The zero-order chi connectivity index (χ0) is 21.7. The first-order valence-electron chi connectivity index (χ1n) is 8.96. The summed E-state index contributed by atoms with van der Waals surface area (Å²) in [6.45, 7) is 1.42. The lowest BCUT2D eigenvalue weighted by molar-refractivity contribution is -0.117. The zero-order valence-corrected chi connectivity index (χ0v) is 17.1. The fourth-order valence-corrected chi connectivity index (χ4v) is 2.80. The third-order valence-electron chi connectivity index (χ3n) is 4.28. The standard InChI is InChI=1S/C21H19ClN4O4/c1-13-16(22)4-3-5-17(13)24-19(27)12-26-20(28)11-10-18(25-26)21(29)23-14-6-8-15(30-2)9-7-14/h3-11H,12H2,1-2H3,(H,23,29)(H,24,27). The van der Waals surface area contributed by atoms with Gasteiger partial charge in [0.1, 0.15) is 18.0 Å². The molecule has 30 heavy (non-hydrogen) atoms. The van der Waals surface area contributed by atoms with Gasteiger partial charge in [-0.05, 0) is 55.0 Å². The van der Waals surface area contributed by atoms with Gasteiger partial charge in [0.15, 0.2) is 0 Å². The monoisotopic (exact) mass is 426 g/mol. The molecular weight excluding hydrogens is 408 g/mol. The molecule has 1 aromatic heterocycles. The summed E-state index contributed by atoms with van der Waals surface area (Å²) in [5.74, 6) is -0.330. The second kappa shape index (κ2) is 9.23. The van der Waals surface area contributed by atoms with Crippen LogP contribution in [0.25, 0.3) is 0 Å². The molecule has 0 unspecified atom stereocenters. The topological polar surface area (TPSA) is 102 Å². The highest BCUT2D eigenvalue weighted by atomic mass is 35.5. The molecule has 3 rings (SSSR count). The molecule has 3 aromatic rings. The number of anilines is 2. The Morgan fingerprint density at radius 1 is 1.07 bits per heavy atom. The van der Waals surface area contributed by atoms with E-state index in [4.69, 9.17) is 16.3 Å². The summed E-state index contributed by atoms with van der Waals surface area (Å²) in [4.78, 5) is 36.9. The van der Waals surface area contributed by atoms with Crippen molar-refractivity contribution >= 4 is 34.8 Å². The lowest BCUT2D eigenvalue weighted by Crippen LogP contribution is -2.31. The summed E-state index contributed by atoms with van der Waals surface area (Å²) in [7, 11) is 1.55. The maximum atomic E-state index is 12.5. The Kier molecular flexibility index (Phi) is 6.48. The molecule has 154 valence electrons. The molecule has 0 saturated heterocycles. The van der Waals surface area contributed by atoms with Crippen molar-refractivity contribution in [1.29, 1.82) is 0 Å². The number of carbonyl (C=O) groups excluding carboxylic acids is 2. The van der Waals surface area contributed by atoms with Crippen LogP contribution < -0.4 is 20.9 Å². The molecule has 2 amide bonds. The highest BCUT2D eigenvalue weighted by Gasteiger charge is 2.13. The van der Waals surface area contributed by atoms with E-state index in [0.29, 0.717) is 27.7 Å². The normalized spacial score (nSPS) is 10.4. The van der Waals surface area contributed by atoms with E-state index in [-0.39, 0.29) is 12.2 Å². The van der Waals surface area contributed by atoms with Crippen LogP contribution in [0.3, 0.4) is 0 Å². The molecule has 2 N–H and O–H groups in total. The van der Waals surface area contributed by atoms with Gasteiger partial charge in [-0.15, -0.1) is 0 Å². The average Bonchev–Trinajstić information content (AvgIpc) is 2.73. The minimum atomic E-state index is -0.514. The minimum Gasteiger partial charge on any atom is -0.497 e. The van der Waals surface area contributed by atoms with Crippen molar-refractivity contribution in [3.05, 3.63) is 81.2 Å². The van der Waals surface area contributed by atoms with Gasteiger partial charge < -0.3 is 15.4 Å². The Morgan fingerprint density at radius 2 is 1.80 bits per heavy atom. The van der Waals surface area contributed by atoms with Gasteiger partial charge in [0.05, 0.1) is 7.11 Å². The smallest absolute Gasteiger partial charge is 0.276 e. The van der Waals surface area contributed by atoms with Crippen LogP contribution in [0.4, 0.5) is 11.4 Å². The minimum absolute atomic E-state index is 0.00264. The number of halogens is 1. The quantitative estimate of drug-likeness (QED) is 0.630. The van der Waals surface area contributed by atoms with Gasteiger partial charge in [0.2, 0.25) is 5.91 Å². The van der Waals surface area contributed by atoms with Crippen molar-refractivity contribution < 1.29 is 14.3 Å². The lowest BCUT2D eigenvalue weighted by atomic mass is 10.2. The largest absolute Gasteiger partial charge is 0.497 e. The third-order valence-corrected chi connectivity index (χ3v) is 4.69. The van der Waals surface area contributed by atoms with Crippen LogP contribution in [0.1, 0.15) is 16.1 Å². The molecule has 0 atom stereocenters. The fourth-order valence-electron chi connectivity index (χ4n) is 2.62. The van der Waals surface area contributed by atoms with E-state index < -0.39 is 17.4 Å². The third kappa shape index (κ3) is 5.03. The second-order valence-corrected chi connectivity index (χ2v) is 6.76. The Morgan fingerprint density at radius 3 is 2.50 bits per heavy atom. The van der Waals surface area contributed by atoms with Crippen LogP contribution in [0.2, 0.25) is 5.02 Å². The van der Waals surface area contributed by atoms with Gasteiger partial charge in [-0.1, -0.05) is 17.7 Å². The molecule has 1 heterocycles. The SMILES string of the molecule is COc1ccc(NC(=O)c2ccc(=O)n(CC(=O)Nc3cccc(Cl)c3C)n2)cc1. The molecule has 0 radical (unpaired) electrons. The average molecular weight is 427 g/mol. The van der Waals surface area contributed by atoms with Crippen molar-refractivity contribution in [2.75, 3.05) is 17.7 Å². The maximum Gasteiger partial charge on any atom is 0.276 e. The molecule has 0 saturated carbocycles. The number of carbonyl (C=O) groups is 2. The van der Waals surface area contributed by atoms with Crippen molar-refractivity contribution in [3.8, 4) is 5.75 Å². The van der Waals surface area contributed by atoms with Crippen LogP contribution in [-0.2, 0) is 11.3 Å². The molecule has 2 aromatic carbocycles. The van der Waals surface area contributed by atoms with Gasteiger partial charge in [-0.2, -0.15) is 5.10 Å². The van der Waals surface area contributed by atoms with Crippen molar-refractivity contribution in [3.63, 3.8) is 0 Å². The van der Waals surface area contributed by atoms with Crippen LogP contribution >= 0.6 is 11.6 Å². The van der Waals surface area contributed by atoms with E-state index in [1.54, 1.807) is 56.5 Å². The first kappa shape index (κ1) is 21.1. The molecule has 0 aliphatic carbocycles. The number of benzene rings is 2. The molecule has 0 aliphatic heterocycles. The summed E-state index contributed by atoms with van der Waals surface area (Å²) in [5, 5.41) is 9.88. The van der Waals surface area contributed by atoms with Crippen LogP contribution in [0, 0.1) is 6.92 Å². The molecule has 0 spiro atoms. The number of rotatable bonds is 6. The summed E-state index contributed by atoms with van der Waals surface area (Å²) in [5.41, 5.74) is 1.27. The Hall–Kier alpha value is -3.65. The maximum absolute atomic E-state index is 12.5. The van der Waals surface area contributed by atoms with E-state index in [1.807, 2.05) is 0 Å². The van der Waals surface area contributed by atoms with Crippen molar-refractivity contribution in [2.45, 2.75) is 13.5 Å². The number of nitrogens with zero attached hydrogens (tertiary/aromatic N) is 2. The molecule has 0 fully saturated rings. The highest BCUT2D eigenvalue weighted by Crippen LogP contribution is 2.22. The molecule has 8 nitrogen and oxygen atoms in total. The Labute approximate surface area is 177 Å². The first-order chi connectivity index (χ1) is 14.4. The highest BCUT2D eigenvalue weighted by molar-refractivity contribution is 6.31. The van der Waals surface area contributed by atoms with Crippen LogP contribution in [0.15, 0.2) is 59.4 Å². The summed E-state index contributed by atoms with van der Waals surface area (Å²) in [6, 6.07) is 14.4. The predicted octanol–water partition coefficient (Wildman–Crippen LogP) is 3.10. The van der Waals surface area contributed by atoms with Crippen molar-refractivity contribution in [1.82, 2.24) is 9.78 Å².